The van der Waals surface area contributed by atoms with Gasteiger partial charge in [-0.05, 0) is 18.2 Å². The number of benzene rings is 1. The summed E-state index contributed by atoms with van der Waals surface area (Å²) in [7, 11) is 1.71. The molecule has 0 aliphatic rings. The monoisotopic (exact) mass is 195 g/mol. The molecule has 0 amide bonds. The Morgan fingerprint density at radius 3 is 2.85 bits per heavy atom. The van der Waals surface area contributed by atoms with Crippen molar-refractivity contribution in [2.75, 3.05) is 12.9 Å². The highest BCUT2D eigenvalue weighted by Crippen LogP contribution is 2.22. The van der Waals surface area contributed by atoms with Crippen molar-refractivity contribution in [3.8, 4) is 5.75 Å². The Bertz CT molecular complexity index is 248. The molecule has 13 heavy (non-hydrogen) atoms. The second-order valence-electron chi connectivity index (χ2n) is 2.72. The van der Waals surface area contributed by atoms with Crippen LogP contribution in [-0.4, -0.2) is 12.9 Å². The van der Waals surface area contributed by atoms with Crippen molar-refractivity contribution in [1.29, 1.82) is 0 Å². The lowest BCUT2D eigenvalue weighted by Crippen LogP contribution is -1.89. The van der Waals surface area contributed by atoms with E-state index in [-0.39, 0.29) is 0 Å². The second-order valence-corrected chi connectivity index (χ2v) is 3.82. The van der Waals surface area contributed by atoms with Gasteiger partial charge in [0.25, 0.3) is 0 Å². The van der Waals surface area contributed by atoms with Gasteiger partial charge in [0.05, 0.1) is 7.11 Å². The SMILES string of the molecule is [CH2]CCSCc1ccccc1OC. The first-order valence-corrected chi connectivity index (χ1v) is 5.53. The normalized spacial score (nSPS) is 10.0. The van der Waals surface area contributed by atoms with Crippen LogP contribution in [0.4, 0.5) is 0 Å². The van der Waals surface area contributed by atoms with Gasteiger partial charge in [-0.2, -0.15) is 11.8 Å². The van der Waals surface area contributed by atoms with Gasteiger partial charge in [-0.15, -0.1) is 0 Å². The zero-order valence-electron chi connectivity index (χ0n) is 7.95. The van der Waals surface area contributed by atoms with Gasteiger partial charge >= 0.3 is 0 Å². The van der Waals surface area contributed by atoms with Crippen LogP contribution in [-0.2, 0) is 5.75 Å². The van der Waals surface area contributed by atoms with E-state index in [1.165, 1.54) is 5.56 Å². The van der Waals surface area contributed by atoms with Crippen molar-refractivity contribution in [1.82, 2.24) is 0 Å². The summed E-state index contributed by atoms with van der Waals surface area (Å²) in [5.74, 6) is 3.11. The van der Waals surface area contributed by atoms with E-state index in [1.54, 1.807) is 7.11 Å². The highest BCUT2D eigenvalue weighted by atomic mass is 32.2. The molecule has 0 bridgehead atoms. The van der Waals surface area contributed by atoms with Gasteiger partial charge < -0.3 is 4.74 Å². The molecule has 1 rings (SSSR count). The van der Waals surface area contributed by atoms with E-state index in [4.69, 9.17) is 4.74 Å². The quantitative estimate of drug-likeness (QED) is 0.667. The van der Waals surface area contributed by atoms with Crippen molar-refractivity contribution in [2.45, 2.75) is 12.2 Å². The van der Waals surface area contributed by atoms with E-state index in [1.807, 2.05) is 30.0 Å². The van der Waals surface area contributed by atoms with E-state index in [0.717, 1.165) is 23.7 Å². The summed E-state index contributed by atoms with van der Waals surface area (Å²) in [6, 6.07) is 8.14. The Hall–Kier alpha value is -0.630. The van der Waals surface area contributed by atoms with Crippen LogP contribution >= 0.6 is 11.8 Å². The average Bonchev–Trinajstić information content (AvgIpc) is 2.19. The minimum atomic E-state index is 0.985. The molecule has 1 radical (unpaired) electrons. The predicted molar refractivity (Wildman–Crippen MR) is 59.1 cm³/mol. The van der Waals surface area contributed by atoms with Crippen LogP contribution in [0.3, 0.4) is 0 Å². The number of hydrogen-bond acceptors (Lipinski definition) is 2. The maximum Gasteiger partial charge on any atom is 0.122 e. The third-order valence-electron chi connectivity index (χ3n) is 1.74. The van der Waals surface area contributed by atoms with E-state index in [2.05, 4.69) is 13.0 Å². The zero-order chi connectivity index (χ0) is 9.52. The standard InChI is InChI=1S/C11H15OS/c1-3-8-13-9-10-6-4-5-7-11(10)12-2/h4-7H,1,3,8-9H2,2H3. The molecule has 0 spiro atoms. The van der Waals surface area contributed by atoms with Crippen molar-refractivity contribution in [2.24, 2.45) is 0 Å². The summed E-state index contributed by atoms with van der Waals surface area (Å²) in [5, 5.41) is 0. The number of hydrogen-bond donors (Lipinski definition) is 0. The molecule has 0 N–H and O–H groups in total. The van der Waals surface area contributed by atoms with Crippen LogP contribution in [0.25, 0.3) is 0 Å². The largest absolute Gasteiger partial charge is 0.496 e. The van der Waals surface area contributed by atoms with Crippen LogP contribution in [0.1, 0.15) is 12.0 Å². The van der Waals surface area contributed by atoms with Gasteiger partial charge in [0.2, 0.25) is 0 Å². The lowest BCUT2D eigenvalue weighted by Gasteiger charge is -2.06. The van der Waals surface area contributed by atoms with E-state index in [0.29, 0.717) is 0 Å². The van der Waals surface area contributed by atoms with Crippen LogP contribution in [0, 0.1) is 6.92 Å². The molecular weight excluding hydrogens is 180 g/mol. The molecule has 0 saturated carbocycles. The van der Waals surface area contributed by atoms with Gasteiger partial charge in [-0.1, -0.05) is 25.1 Å². The molecule has 0 atom stereocenters. The molecule has 0 fully saturated rings. The summed E-state index contributed by atoms with van der Waals surface area (Å²) < 4.78 is 5.25. The fraction of sp³-hybridized carbons (Fsp3) is 0.364. The number of thioether (sulfide) groups is 1. The molecule has 71 valence electrons. The zero-order valence-corrected chi connectivity index (χ0v) is 8.77. The fourth-order valence-corrected chi connectivity index (χ4v) is 1.91. The summed E-state index contributed by atoms with van der Waals surface area (Å²) in [6.45, 7) is 3.81. The Balaban J connectivity index is 2.54. The Morgan fingerprint density at radius 1 is 1.38 bits per heavy atom. The highest BCUT2D eigenvalue weighted by molar-refractivity contribution is 7.98. The van der Waals surface area contributed by atoms with Crippen molar-refractivity contribution >= 4 is 11.8 Å². The van der Waals surface area contributed by atoms with Gasteiger partial charge in [0.1, 0.15) is 5.75 Å². The third-order valence-corrected chi connectivity index (χ3v) is 2.83. The first kappa shape index (κ1) is 10.5. The average molecular weight is 195 g/mol. The minimum Gasteiger partial charge on any atom is -0.496 e. The number of para-hydroxylation sites is 1. The van der Waals surface area contributed by atoms with Gasteiger partial charge in [-0.3, -0.25) is 0 Å². The molecular formula is C11H15OS. The lowest BCUT2D eigenvalue weighted by atomic mass is 10.2. The summed E-state index contributed by atoms with van der Waals surface area (Å²) >= 11 is 1.89. The smallest absolute Gasteiger partial charge is 0.122 e. The molecule has 1 nitrogen and oxygen atoms in total. The van der Waals surface area contributed by atoms with E-state index >= 15 is 0 Å². The maximum absolute atomic E-state index is 5.25. The summed E-state index contributed by atoms with van der Waals surface area (Å²) in [4.78, 5) is 0. The van der Waals surface area contributed by atoms with Gasteiger partial charge in [0, 0.05) is 11.3 Å². The number of rotatable bonds is 5. The fourth-order valence-electron chi connectivity index (χ4n) is 1.11. The molecule has 0 saturated heterocycles. The molecule has 2 heteroatoms. The highest BCUT2D eigenvalue weighted by Gasteiger charge is 1.99. The van der Waals surface area contributed by atoms with Crippen molar-refractivity contribution < 1.29 is 4.74 Å². The van der Waals surface area contributed by atoms with Crippen LogP contribution in [0.5, 0.6) is 5.75 Å². The minimum absolute atomic E-state index is 0.985. The van der Waals surface area contributed by atoms with E-state index in [9.17, 15) is 0 Å². The molecule has 0 heterocycles. The molecule has 0 aliphatic carbocycles. The number of methoxy groups -OCH3 is 1. The summed E-state index contributed by atoms with van der Waals surface area (Å²) in [6.07, 6.45) is 0.986. The molecule has 1 aromatic carbocycles. The number of ether oxygens (including phenoxy) is 1. The van der Waals surface area contributed by atoms with Crippen LogP contribution in [0.15, 0.2) is 24.3 Å². The Labute approximate surface area is 84.5 Å². The first-order valence-electron chi connectivity index (χ1n) is 4.37. The van der Waals surface area contributed by atoms with Crippen LogP contribution < -0.4 is 4.74 Å². The first-order chi connectivity index (χ1) is 6.38. The lowest BCUT2D eigenvalue weighted by molar-refractivity contribution is 0.411. The summed E-state index contributed by atoms with van der Waals surface area (Å²) in [5.41, 5.74) is 1.27. The molecule has 0 aromatic heterocycles. The van der Waals surface area contributed by atoms with Crippen molar-refractivity contribution in [3.63, 3.8) is 0 Å². The predicted octanol–water partition coefficient (Wildman–Crippen LogP) is 3.15. The Morgan fingerprint density at radius 2 is 2.15 bits per heavy atom. The second kappa shape index (κ2) is 5.92. The van der Waals surface area contributed by atoms with Gasteiger partial charge in [0.15, 0.2) is 0 Å². The molecule has 1 aromatic rings. The van der Waals surface area contributed by atoms with Crippen LogP contribution in [0.2, 0.25) is 0 Å². The van der Waals surface area contributed by atoms with Gasteiger partial charge in [-0.25, -0.2) is 0 Å². The van der Waals surface area contributed by atoms with E-state index < -0.39 is 0 Å². The topological polar surface area (TPSA) is 9.23 Å². The maximum atomic E-state index is 5.25. The Kier molecular flexibility index (Phi) is 4.76. The third kappa shape index (κ3) is 3.31. The van der Waals surface area contributed by atoms with Crippen molar-refractivity contribution in [3.05, 3.63) is 36.8 Å². The molecule has 0 unspecified atom stereocenters. The molecule has 0 aliphatic heterocycles.